The summed E-state index contributed by atoms with van der Waals surface area (Å²) in [5.74, 6) is -0.412. The lowest BCUT2D eigenvalue weighted by Gasteiger charge is -2.15. The zero-order valence-corrected chi connectivity index (χ0v) is 13.0. The van der Waals surface area contributed by atoms with Crippen molar-refractivity contribution in [2.45, 2.75) is 13.3 Å². The van der Waals surface area contributed by atoms with Crippen LogP contribution in [0, 0.1) is 6.92 Å². The highest BCUT2D eigenvalue weighted by Crippen LogP contribution is 2.26. The Morgan fingerprint density at radius 1 is 1.35 bits per heavy atom. The molecule has 1 aromatic carbocycles. The summed E-state index contributed by atoms with van der Waals surface area (Å²) in [6.45, 7) is 1.69. The molecule has 0 aliphatic carbocycles. The number of aryl methyl sites for hydroxylation is 1. The number of hydrogen-bond donors (Lipinski definition) is 1. The first-order chi connectivity index (χ1) is 10.9. The number of carbonyl (C=O) groups excluding carboxylic acids is 2. The molecule has 1 aliphatic heterocycles. The monoisotopic (exact) mass is 335 g/mol. The van der Waals surface area contributed by atoms with Gasteiger partial charge in [-0.05, 0) is 25.1 Å². The second kappa shape index (κ2) is 5.51. The summed E-state index contributed by atoms with van der Waals surface area (Å²) in [7, 11) is -3.66. The van der Waals surface area contributed by atoms with Gasteiger partial charge >= 0.3 is 0 Å². The Morgan fingerprint density at radius 2 is 2.13 bits per heavy atom. The first-order valence-corrected chi connectivity index (χ1v) is 8.38. The summed E-state index contributed by atoms with van der Waals surface area (Å²) in [6, 6.07) is 7.40. The standard InChI is InChI=1S/C14H13N3O5S/c1-9-7-12(16-22-9)15-14(19)10-3-2-4-11(8-10)17-13(18)5-6-23(17,20)21/h2-4,7-8H,5-6H2,1H3,(H,15,16,19). The molecule has 0 bridgehead atoms. The summed E-state index contributed by atoms with van der Waals surface area (Å²) in [5, 5.41) is 6.18. The molecule has 3 rings (SSSR count). The Labute approximate surface area is 132 Å². The van der Waals surface area contributed by atoms with Crippen LogP contribution < -0.4 is 9.62 Å². The molecule has 8 nitrogen and oxygen atoms in total. The van der Waals surface area contributed by atoms with Crippen LogP contribution in [-0.4, -0.2) is 31.1 Å². The lowest BCUT2D eigenvalue weighted by atomic mass is 10.2. The predicted molar refractivity (Wildman–Crippen MR) is 81.5 cm³/mol. The van der Waals surface area contributed by atoms with Crippen LogP contribution in [0.3, 0.4) is 0 Å². The van der Waals surface area contributed by atoms with Gasteiger partial charge in [0.15, 0.2) is 5.82 Å². The second-order valence-corrected chi connectivity index (χ2v) is 6.99. The van der Waals surface area contributed by atoms with Crippen LogP contribution in [0.4, 0.5) is 11.5 Å². The van der Waals surface area contributed by atoms with Crippen molar-refractivity contribution < 1.29 is 22.5 Å². The van der Waals surface area contributed by atoms with E-state index in [9.17, 15) is 18.0 Å². The van der Waals surface area contributed by atoms with Crippen molar-refractivity contribution in [1.29, 1.82) is 0 Å². The van der Waals surface area contributed by atoms with Gasteiger partial charge in [-0.25, -0.2) is 12.7 Å². The minimum Gasteiger partial charge on any atom is -0.360 e. The Balaban J connectivity index is 1.88. The maximum Gasteiger partial charge on any atom is 0.256 e. The lowest BCUT2D eigenvalue weighted by molar-refractivity contribution is -0.116. The van der Waals surface area contributed by atoms with Crippen molar-refractivity contribution >= 4 is 33.3 Å². The van der Waals surface area contributed by atoms with Crippen molar-refractivity contribution in [2.75, 3.05) is 15.4 Å². The van der Waals surface area contributed by atoms with Gasteiger partial charge in [-0.3, -0.25) is 9.59 Å². The molecule has 0 atom stereocenters. The predicted octanol–water partition coefficient (Wildman–Crippen LogP) is 1.30. The van der Waals surface area contributed by atoms with E-state index in [2.05, 4.69) is 10.5 Å². The molecule has 23 heavy (non-hydrogen) atoms. The highest BCUT2D eigenvalue weighted by molar-refractivity contribution is 7.94. The van der Waals surface area contributed by atoms with Gasteiger partial charge in [-0.2, -0.15) is 0 Å². The highest BCUT2D eigenvalue weighted by Gasteiger charge is 2.36. The van der Waals surface area contributed by atoms with E-state index < -0.39 is 21.8 Å². The van der Waals surface area contributed by atoms with Crippen molar-refractivity contribution in [3.8, 4) is 0 Å². The van der Waals surface area contributed by atoms with Gasteiger partial charge < -0.3 is 9.84 Å². The number of hydrogen-bond acceptors (Lipinski definition) is 6. The number of anilines is 2. The SMILES string of the molecule is Cc1cc(NC(=O)c2cccc(N3C(=O)CCS3(=O)=O)c2)no1. The third kappa shape index (κ3) is 2.95. The van der Waals surface area contributed by atoms with E-state index in [-0.39, 0.29) is 29.2 Å². The van der Waals surface area contributed by atoms with Crippen LogP contribution in [0.15, 0.2) is 34.9 Å². The normalized spacial score (nSPS) is 16.6. The van der Waals surface area contributed by atoms with Crippen LogP contribution in [0.1, 0.15) is 22.5 Å². The van der Waals surface area contributed by atoms with Crippen molar-refractivity contribution in [1.82, 2.24) is 5.16 Å². The summed E-state index contributed by atoms with van der Waals surface area (Å²) >= 11 is 0. The van der Waals surface area contributed by atoms with Gasteiger partial charge in [0.25, 0.3) is 5.91 Å². The van der Waals surface area contributed by atoms with E-state index in [1.165, 1.54) is 24.3 Å². The third-order valence-electron chi connectivity index (χ3n) is 3.29. The zero-order valence-electron chi connectivity index (χ0n) is 12.1. The van der Waals surface area contributed by atoms with Crippen LogP contribution in [-0.2, 0) is 14.8 Å². The summed E-state index contributed by atoms with van der Waals surface area (Å²) < 4.78 is 29.5. The number of sulfonamides is 1. The third-order valence-corrected chi connectivity index (χ3v) is 4.98. The fourth-order valence-electron chi connectivity index (χ4n) is 2.26. The van der Waals surface area contributed by atoms with Crippen molar-refractivity contribution in [3.63, 3.8) is 0 Å². The Morgan fingerprint density at radius 3 is 2.74 bits per heavy atom. The molecule has 0 saturated carbocycles. The summed E-state index contributed by atoms with van der Waals surface area (Å²) in [6.07, 6.45) is -0.0586. The fourth-order valence-corrected chi connectivity index (χ4v) is 3.71. The molecule has 1 saturated heterocycles. The number of rotatable bonds is 3. The summed E-state index contributed by atoms with van der Waals surface area (Å²) in [4.78, 5) is 24.0. The van der Waals surface area contributed by atoms with Gasteiger partial charge in [-0.1, -0.05) is 11.2 Å². The zero-order chi connectivity index (χ0) is 16.6. The quantitative estimate of drug-likeness (QED) is 0.905. The molecule has 2 aromatic rings. The molecule has 1 fully saturated rings. The first kappa shape index (κ1) is 15.2. The van der Waals surface area contributed by atoms with Gasteiger partial charge in [0.2, 0.25) is 15.9 Å². The van der Waals surface area contributed by atoms with Gasteiger partial charge in [0.05, 0.1) is 11.4 Å². The molecule has 0 unspecified atom stereocenters. The van der Waals surface area contributed by atoms with Crippen LogP contribution in [0.25, 0.3) is 0 Å². The lowest BCUT2D eigenvalue weighted by Crippen LogP contribution is -2.29. The molecule has 1 N–H and O–H groups in total. The number of aromatic nitrogens is 1. The van der Waals surface area contributed by atoms with E-state index in [4.69, 9.17) is 4.52 Å². The van der Waals surface area contributed by atoms with E-state index in [1.54, 1.807) is 13.0 Å². The van der Waals surface area contributed by atoms with Gasteiger partial charge in [-0.15, -0.1) is 0 Å². The smallest absolute Gasteiger partial charge is 0.256 e. The molecule has 0 spiro atoms. The molecule has 2 heterocycles. The number of amides is 2. The maximum atomic E-state index is 12.2. The fraction of sp³-hybridized carbons (Fsp3) is 0.214. The maximum absolute atomic E-state index is 12.2. The van der Waals surface area contributed by atoms with Crippen LogP contribution in [0.5, 0.6) is 0 Å². The minimum atomic E-state index is -3.66. The number of benzene rings is 1. The molecule has 1 aliphatic rings. The first-order valence-electron chi connectivity index (χ1n) is 6.77. The second-order valence-electron chi connectivity index (χ2n) is 5.05. The summed E-state index contributed by atoms with van der Waals surface area (Å²) in [5.41, 5.74) is 0.356. The molecular weight excluding hydrogens is 322 g/mol. The van der Waals surface area contributed by atoms with E-state index in [0.717, 1.165) is 4.31 Å². The van der Waals surface area contributed by atoms with Crippen molar-refractivity contribution in [2.24, 2.45) is 0 Å². The van der Waals surface area contributed by atoms with E-state index >= 15 is 0 Å². The van der Waals surface area contributed by atoms with Crippen molar-refractivity contribution in [3.05, 3.63) is 41.7 Å². The number of nitrogens with one attached hydrogen (secondary N) is 1. The van der Waals surface area contributed by atoms with Gasteiger partial charge in [0, 0.05) is 18.1 Å². The van der Waals surface area contributed by atoms with E-state index in [0.29, 0.717) is 5.76 Å². The Kier molecular flexibility index (Phi) is 3.64. The molecule has 9 heteroatoms. The van der Waals surface area contributed by atoms with E-state index in [1.807, 2.05) is 0 Å². The Hall–Kier alpha value is -2.68. The average molecular weight is 335 g/mol. The highest BCUT2D eigenvalue weighted by atomic mass is 32.2. The van der Waals surface area contributed by atoms with Crippen LogP contribution >= 0.6 is 0 Å². The molecular formula is C14H13N3O5S. The topological polar surface area (TPSA) is 110 Å². The average Bonchev–Trinajstić information content (AvgIpc) is 3.02. The van der Waals surface area contributed by atoms with Gasteiger partial charge in [0.1, 0.15) is 5.76 Å². The Bertz CT molecular complexity index is 887. The minimum absolute atomic E-state index is 0.0586. The molecule has 0 radical (unpaired) electrons. The molecule has 2 amide bonds. The number of carbonyl (C=O) groups is 2. The van der Waals surface area contributed by atoms with Crippen LogP contribution in [0.2, 0.25) is 0 Å². The molecule has 120 valence electrons. The number of nitrogens with zero attached hydrogens (tertiary/aromatic N) is 2. The molecule has 1 aromatic heterocycles. The largest absolute Gasteiger partial charge is 0.360 e.